The minimum atomic E-state index is -1.10. The molecule has 8 heteroatoms. The van der Waals surface area contributed by atoms with Gasteiger partial charge in [-0.25, -0.2) is 4.79 Å². The Balaban J connectivity index is 1.78. The molecular formula is C18H27N3O5. The summed E-state index contributed by atoms with van der Waals surface area (Å²) in [4.78, 5) is 39.2. The van der Waals surface area contributed by atoms with Gasteiger partial charge in [0.15, 0.2) is 0 Å². The first-order valence-corrected chi connectivity index (χ1v) is 9.07. The van der Waals surface area contributed by atoms with Crippen LogP contribution >= 0.6 is 0 Å². The number of carboxylic acid groups (broad SMARTS) is 1. The van der Waals surface area contributed by atoms with E-state index in [1.54, 1.807) is 25.9 Å². The van der Waals surface area contributed by atoms with Crippen LogP contribution in [0.1, 0.15) is 26.7 Å². The summed E-state index contributed by atoms with van der Waals surface area (Å²) in [5.74, 6) is -1.89. The number of carboxylic acids is 1. The highest BCUT2D eigenvalue weighted by molar-refractivity contribution is 6.00. The summed E-state index contributed by atoms with van der Waals surface area (Å²) in [5.41, 5.74) is 0.829. The van der Waals surface area contributed by atoms with Crippen molar-refractivity contribution in [1.82, 2.24) is 15.1 Å². The van der Waals surface area contributed by atoms with Crippen LogP contribution in [0.25, 0.3) is 0 Å². The summed E-state index contributed by atoms with van der Waals surface area (Å²) in [5, 5.41) is 22.8. The number of aliphatic carboxylic acids is 1. The van der Waals surface area contributed by atoms with Gasteiger partial charge in [0, 0.05) is 20.0 Å². The Hall–Kier alpha value is -1.93. The van der Waals surface area contributed by atoms with E-state index in [2.05, 4.69) is 5.32 Å². The minimum Gasteiger partial charge on any atom is -0.477 e. The Labute approximate surface area is 152 Å². The van der Waals surface area contributed by atoms with Crippen molar-refractivity contribution in [2.45, 2.75) is 44.9 Å². The van der Waals surface area contributed by atoms with Crippen LogP contribution in [0.15, 0.2) is 11.3 Å². The van der Waals surface area contributed by atoms with Gasteiger partial charge < -0.3 is 25.3 Å². The maximum atomic E-state index is 12.4. The van der Waals surface area contributed by atoms with Gasteiger partial charge in [-0.15, -0.1) is 0 Å². The molecule has 0 radical (unpaired) electrons. The van der Waals surface area contributed by atoms with Crippen LogP contribution in [0.2, 0.25) is 0 Å². The number of aliphatic hydroxyl groups excluding tert-OH is 1. The molecule has 0 bridgehead atoms. The molecule has 1 unspecified atom stereocenters. The van der Waals surface area contributed by atoms with Crippen molar-refractivity contribution in [3.63, 3.8) is 0 Å². The van der Waals surface area contributed by atoms with Gasteiger partial charge in [-0.1, -0.05) is 6.92 Å². The zero-order valence-electron chi connectivity index (χ0n) is 15.6. The fourth-order valence-corrected chi connectivity index (χ4v) is 4.69. The summed E-state index contributed by atoms with van der Waals surface area (Å²) >= 11 is 0. The van der Waals surface area contributed by atoms with Crippen LogP contribution in [0.3, 0.4) is 0 Å². The molecule has 8 nitrogen and oxygen atoms in total. The van der Waals surface area contributed by atoms with Crippen LogP contribution in [-0.2, 0) is 14.4 Å². The van der Waals surface area contributed by atoms with E-state index in [0.29, 0.717) is 19.4 Å². The maximum Gasteiger partial charge on any atom is 0.352 e. The van der Waals surface area contributed by atoms with Crippen molar-refractivity contribution in [1.29, 1.82) is 0 Å². The van der Waals surface area contributed by atoms with Gasteiger partial charge in [0.05, 0.1) is 24.1 Å². The molecule has 3 aliphatic heterocycles. The first-order valence-electron chi connectivity index (χ1n) is 9.07. The molecule has 0 spiro atoms. The molecule has 2 saturated heterocycles. The van der Waals surface area contributed by atoms with E-state index < -0.39 is 18.0 Å². The molecule has 3 heterocycles. The molecule has 0 saturated carbocycles. The second kappa shape index (κ2) is 6.66. The van der Waals surface area contributed by atoms with Crippen LogP contribution in [0.5, 0.6) is 0 Å². The molecule has 0 aromatic carbocycles. The highest BCUT2D eigenvalue weighted by Gasteiger charge is 2.59. The monoisotopic (exact) mass is 365 g/mol. The summed E-state index contributed by atoms with van der Waals surface area (Å²) in [6, 6.07) is -0.526. The lowest BCUT2D eigenvalue weighted by Gasteiger charge is -2.46. The highest BCUT2D eigenvalue weighted by Crippen LogP contribution is 2.49. The number of nitrogens with one attached hydrogen (secondary N) is 1. The summed E-state index contributed by atoms with van der Waals surface area (Å²) in [7, 11) is 3.43. The van der Waals surface area contributed by atoms with Gasteiger partial charge in [0.25, 0.3) is 0 Å². The number of carbonyl (C=O) groups excluding carboxylic acids is 2. The molecule has 2 fully saturated rings. The third kappa shape index (κ3) is 2.81. The van der Waals surface area contributed by atoms with Gasteiger partial charge in [-0.2, -0.15) is 0 Å². The lowest BCUT2D eigenvalue weighted by molar-refractivity contribution is -0.163. The van der Waals surface area contributed by atoms with Crippen LogP contribution in [0, 0.1) is 17.8 Å². The van der Waals surface area contributed by atoms with Crippen LogP contribution < -0.4 is 5.32 Å². The van der Waals surface area contributed by atoms with E-state index in [-0.39, 0.29) is 41.4 Å². The summed E-state index contributed by atoms with van der Waals surface area (Å²) in [6.45, 7) is 4.14. The van der Waals surface area contributed by atoms with E-state index in [1.165, 1.54) is 4.90 Å². The number of hydrogen-bond donors (Lipinski definition) is 3. The third-order valence-corrected chi connectivity index (χ3v) is 5.99. The zero-order chi connectivity index (χ0) is 19.3. The molecule has 3 rings (SSSR count). The van der Waals surface area contributed by atoms with Crippen molar-refractivity contribution in [3.8, 4) is 0 Å². The molecule has 0 aromatic rings. The van der Waals surface area contributed by atoms with Crippen molar-refractivity contribution in [3.05, 3.63) is 11.3 Å². The Morgan fingerprint density at radius 1 is 1.38 bits per heavy atom. The van der Waals surface area contributed by atoms with Gasteiger partial charge in [0.2, 0.25) is 11.8 Å². The predicted octanol–water partition coefficient (Wildman–Crippen LogP) is -0.361. The van der Waals surface area contributed by atoms with Crippen LogP contribution in [-0.4, -0.2) is 76.6 Å². The van der Waals surface area contributed by atoms with Gasteiger partial charge in [-0.3, -0.25) is 9.59 Å². The third-order valence-electron chi connectivity index (χ3n) is 5.99. The molecule has 2 amide bonds. The molecule has 6 atom stereocenters. The summed E-state index contributed by atoms with van der Waals surface area (Å²) < 4.78 is 0. The maximum absolute atomic E-state index is 12.4. The van der Waals surface area contributed by atoms with E-state index in [0.717, 1.165) is 5.57 Å². The van der Waals surface area contributed by atoms with E-state index in [1.807, 2.05) is 6.92 Å². The van der Waals surface area contributed by atoms with Crippen molar-refractivity contribution >= 4 is 17.8 Å². The van der Waals surface area contributed by atoms with Crippen molar-refractivity contribution in [2.75, 3.05) is 20.6 Å². The number of fused-ring (bicyclic) bond motifs is 1. The topological polar surface area (TPSA) is 110 Å². The normalized spacial score (nSPS) is 34.6. The standard InChI is InChI=1S/C18H27N3O5/c1-8-11(5-10-6-12(19-7-10)16(23)20(3)4)15(18(25)26)21-14(8)13(9(2)22)17(21)24/h8-10,12-14,19,22H,5-7H2,1-4H3,(H,25,26)/t8-,9+,10?,12-,13+,14+/m0/s1. The molecule has 3 aliphatic rings. The number of carbonyl (C=O) groups is 3. The second-order valence-electron chi connectivity index (χ2n) is 7.93. The molecular weight excluding hydrogens is 338 g/mol. The largest absolute Gasteiger partial charge is 0.477 e. The van der Waals surface area contributed by atoms with E-state index in [9.17, 15) is 24.6 Å². The fourth-order valence-electron chi connectivity index (χ4n) is 4.69. The average molecular weight is 365 g/mol. The van der Waals surface area contributed by atoms with E-state index in [4.69, 9.17) is 0 Å². The zero-order valence-corrected chi connectivity index (χ0v) is 15.6. The molecule has 0 aliphatic carbocycles. The Morgan fingerprint density at radius 2 is 2.04 bits per heavy atom. The number of hydrogen-bond acceptors (Lipinski definition) is 5. The first kappa shape index (κ1) is 18.8. The summed E-state index contributed by atoms with van der Waals surface area (Å²) in [6.07, 6.45) is 0.397. The second-order valence-corrected chi connectivity index (χ2v) is 7.93. The first-order chi connectivity index (χ1) is 12.1. The predicted molar refractivity (Wildman–Crippen MR) is 92.8 cm³/mol. The lowest BCUT2D eigenvalue weighted by Crippen LogP contribution is -2.63. The van der Waals surface area contributed by atoms with Crippen LogP contribution in [0.4, 0.5) is 0 Å². The fraction of sp³-hybridized carbons (Fsp3) is 0.722. The van der Waals surface area contributed by atoms with Gasteiger partial charge in [-0.05, 0) is 37.8 Å². The molecule has 0 aromatic heterocycles. The van der Waals surface area contributed by atoms with Crippen molar-refractivity contribution < 1.29 is 24.6 Å². The van der Waals surface area contributed by atoms with Crippen molar-refractivity contribution in [2.24, 2.45) is 17.8 Å². The average Bonchev–Trinajstić information content (AvgIpc) is 3.09. The number of β-lactam (4-membered cyclic amide) rings is 1. The Bertz CT molecular complexity index is 672. The number of rotatable bonds is 5. The lowest BCUT2D eigenvalue weighted by atomic mass is 9.76. The molecule has 26 heavy (non-hydrogen) atoms. The number of aliphatic hydroxyl groups is 1. The Morgan fingerprint density at radius 3 is 2.58 bits per heavy atom. The van der Waals surface area contributed by atoms with E-state index >= 15 is 0 Å². The number of likely N-dealkylation sites (N-methyl/N-ethyl adjacent to an activating group) is 1. The number of nitrogens with zero attached hydrogens (tertiary/aromatic N) is 2. The molecule has 3 N–H and O–H groups in total. The van der Waals surface area contributed by atoms with Gasteiger partial charge >= 0.3 is 5.97 Å². The molecule has 144 valence electrons. The van der Waals surface area contributed by atoms with Gasteiger partial charge in [0.1, 0.15) is 5.70 Å². The quantitative estimate of drug-likeness (QED) is 0.574. The SMILES string of the molecule is C[C@@H](O)[C@H]1C(=O)N2C(C(=O)O)=C(CC3CN[C@H](C(=O)N(C)C)C3)[C@H](C)[C@H]12. The highest BCUT2D eigenvalue weighted by atomic mass is 16.4. The Kier molecular flexibility index (Phi) is 4.83. The minimum absolute atomic E-state index is 0.0209. The smallest absolute Gasteiger partial charge is 0.352 e. The number of amides is 2.